The molecule has 5 heteroatoms. The van der Waals surface area contributed by atoms with Gasteiger partial charge in [0.25, 0.3) is 0 Å². The van der Waals surface area contributed by atoms with Crippen molar-refractivity contribution in [1.29, 1.82) is 0 Å². The molecule has 0 unspecified atom stereocenters. The highest BCUT2D eigenvalue weighted by Gasteiger charge is 2.53. The Labute approximate surface area is 273 Å². The Kier molecular flexibility index (Phi) is 5.33. The molecule has 3 aliphatic rings. The molecule has 224 valence electrons. The standard InChI is InChI=1S/C42H31N5/c1-46-27-47(40-38(46)19-10-25-43-40)42(36-17-8-4-13-32(36)33-14-5-9-18-37(33)42)29-22-20-28(21-23-29)41(39-24-26-44-45-39)34-15-6-2-11-30(34)31-12-3-7-16-35(31)41/h2-26H,27H2,1H3,(H,44,45). The van der Waals surface area contributed by atoms with Crippen molar-refractivity contribution in [1.82, 2.24) is 15.2 Å². The van der Waals surface area contributed by atoms with Gasteiger partial charge in [-0.3, -0.25) is 5.10 Å². The highest BCUT2D eigenvalue weighted by atomic mass is 15.4. The number of H-pyrrole nitrogens is 1. The predicted molar refractivity (Wildman–Crippen MR) is 188 cm³/mol. The summed E-state index contributed by atoms with van der Waals surface area (Å²) in [5.41, 5.74) is 13.7. The summed E-state index contributed by atoms with van der Waals surface area (Å²) in [4.78, 5) is 9.81. The fraction of sp³-hybridized carbons (Fsp3) is 0.0952. The third-order valence-corrected chi connectivity index (χ3v) is 10.7. The van der Waals surface area contributed by atoms with E-state index >= 15 is 0 Å². The average molecular weight is 606 g/mol. The van der Waals surface area contributed by atoms with E-state index in [2.05, 4.69) is 161 Å². The van der Waals surface area contributed by atoms with Crippen molar-refractivity contribution in [2.75, 3.05) is 23.5 Å². The Hall–Kier alpha value is -5.94. The monoisotopic (exact) mass is 605 g/mol. The number of aromatic nitrogens is 3. The van der Waals surface area contributed by atoms with Gasteiger partial charge < -0.3 is 9.80 Å². The van der Waals surface area contributed by atoms with E-state index in [1.165, 1.54) is 55.6 Å². The fourth-order valence-electron chi connectivity index (χ4n) is 8.90. The van der Waals surface area contributed by atoms with Crippen LogP contribution < -0.4 is 9.80 Å². The third kappa shape index (κ3) is 3.23. The van der Waals surface area contributed by atoms with Crippen molar-refractivity contribution in [3.05, 3.63) is 191 Å². The number of benzene rings is 5. The van der Waals surface area contributed by atoms with E-state index in [0.717, 1.165) is 23.9 Å². The molecule has 2 aromatic heterocycles. The average Bonchev–Trinajstić information content (AvgIpc) is 3.91. The molecule has 10 rings (SSSR count). The number of nitrogens with zero attached hydrogens (tertiary/aromatic N) is 4. The Morgan fingerprint density at radius 3 is 1.66 bits per heavy atom. The second-order valence-corrected chi connectivity index (χ2v) is 12.8. The number of hydrogen-bond acceptors (Lipinski definition) is 4. The van der Waals surface area contributed by atoms with Gasteiger partial charge in [0.2, 0.25) is 0 Å². The highest BCUT2D eigenvalue weighted by molar-refractivity contribution is 5.89. The SMILES string of the molecule is CN1CN(C2(c3ccc(C4(c5ccn[nH]5)c5ccccc5-c5ccccc54)cc3)c3ccccc3-c3ccccc32)c2ncccc21. The van der Waals surface area contributed by atoms with Crippen LogP contribution in [0.1, 0.15) is 39.1 Å². The second-order valence-electron chi connectivity index (χ2n) is 12.8. The molecular weight excluding hydrogens is 574 g/mol. The first kappa shape index (κ1) is 26.3. The van der Waals surface area contributed by atoms with Crippen LogP contribution in [0.15, 0.2) is 152 Å². The lowest BCUT2D eigenvalue weighted by atomic mass is 9.69. The zero-order valence-electron chi connectivity index (χ0n) is 25.9. The van der Waals surface area contributed by atoms with Crippen molar-refractivity contribution in [3.8, 4) is 22.3 Å². The van der Waals surface area contributed by atoms with Crippen LogP contribution in [0.4, 0.5) is 11.5 Å². The lowest BCUT2D eigenvalue weighted by molar-refractivity contribution is 0.579. The molecule has 5 aromatic carbocycles. The molecule has 1 aliphatic heterocycles. The summed E-state index contributed by atoms with van der Waals surface area (Å²) in [6.07, 6.45) is 3.78. The number of nitrogens with one attached hydrogen (secondary N) is 1. The quantitative estimate of drug-likeness (QED) is 0.219. The molecule has 0 radical (unpaired) electrons. The lowest BCUT2D eigenvalue weighted by Crippen LogP contribution is -2.48. The summed E-state index contributed by atoms with van der Waals surface area (Å²) in [6, 6.07) is 51.2. The summed E-state index contributed by atoms with van der Waals surface area (Å²) in [5, 5.41) is 7.85. The Bertz CT molecular complexity index is 2230. The van der Waals surface area contributed by atoms with Gasteiger partial charge in [-0.2, -0.15) is 5.10 Å². The van der Waals surface area contributed by atoms with Gasteiger partial charge in [0.15, 0.2) is 5.82 Å². The normalized spacial score (nSPS) is 15.9. The zero-order chi connectivity index (χ0) is 31.2. The van der Waals surface area contributed by atoms with Gasteiger partial charge in [-0.05, 0) is 73.8 Å². The van der Waals surface area contributed by atoms with Crippen LogP contribution in [0.2, 0.25) is 0 Å². The molecule has 3 heterocycles. The summed E-state index contributed by atoms with van der Waals surface area (Å²) in [5.74, 6) is 0.998. The lowest BCUT2D eigenvalue weighted by Gasteiger charge is -2.42. The number of pyridine rings is 1. The molecule has 1 N–H and O–H groups in total. The Morgan fingerprint density at radius 1 is 0.553 bits per heavy atom. The van der Waals surface area contributed by atoms with E-state index in [4.69, 9.17) is 4.98 Å². The Morgan fingerprint density at radius 2 is 1.09 bits per heavy atom. The summed E-state index contributed by atoms with van der Waals surface area (Å²) >= 11 is 0. The largest absolute Gasteiger partial charge is 0.354 e. The number of hydrogen-bond donors (Lipinski definition) is 1. The van der Waals surface area contributed by atoms with Crippen LogP contribution in [-0.4, -0.2) is 28.9 Å². The minimum atomic E-state index is -0.577. The molecule has 0 fully saturated rings. The maximum atomic E-state index is 5.00. The van der Waals surface area contributed by atoms with Crippen LogP contribution >= 0.6 is 0 Å². The molecule has 0 saturated carbocycles. The molecule has 5 nitrogen and oxygen atoms in total. The highest BCUT2D eigenvalue weighted by Crippen LogP contribution is 2.59. The third-order valence-electron chi connectivity index (χ3n) is 10.7. The molecule has 0 saturated heterocycles. The molecule has 47 heavy (non-hydrogen) atoms. The van der Waals surface area contributed by atoms with Crippen LogP contribution in [0.3, 0.4) is 0 Å². The van der Waals surface area contributed by atoms with Gasteiger partial charge >= 0.3 is 0 Å². The summed E-state index contributed by atoms with van der Waals surface area (Å²) < 4.78 is 0. The van der Waals surface area contributed by atoms with E-state index in [9.17, 15) is 0 Å². The molecule has 0 spiro atoms. The topological polar surface area (TPSA) is 48.0 Å². The summed E-state index contributed by atoms with van der Waals surface area (Å²) in [7, 11) is 2.16. The van der Waals surface area contributed by atoms with Gasteiger partial charge in [0.1, 0.15) is 5.54 Å². The molecule has 2 aliphatic carbocycles. The molecule has 0 amide bonds. The van der Waals surface area contributed by atoms with E-state index in [1.54, 1.807) is 0 Å². The van der Waals surface area contributed by atoms with Crippen molar-refractivity contribution in [3.63, 3.8) is 0 Å². The smallest absolute Gasteiger partial charge is 0.154 e. The number of fused-ring (bicyclic) bond motifs is 7. The zero-order valence-corrected chi connectivity index (χ0v) is 25.9. The number of aromatic amines is 1. The Balaban J connectivity index is 1.25. The minimum absolute atomic E-state index is 0.525. The number of rotatable bonds is 4. The maximum Gasteiger partial charge on any atom is 0.154 e. The molecular formula is C42H31N5. The number of anilines is 2. The van der Waals surface area contributed by atoms with Crippen molar-refractivity contribution in [2.24, 2.45) is 0 Å². The first-order chi connectivity index (χ1) is 23.2. The van der Waals surface area contributed by atoms with Crippen LogP contribution in [-0.2, 0) is 11.0 Å². The van der Waals surface area contributed by atoms with Gasteiger partial charge in [0, 0.05) is 19.4 Å². The summed E-state index contributed by atoms with van der Waals surface area (Å²) in [6.45, 7) is 0.718. The maximum absolute atomic E-state index is 5.00. The first-order valence-corrected chi connectivity index (χ1v) is 16.2. The van der Waals surface area contributed by atoms with Crippen molar-refractivity contribution < 1.29 is 0 Å². The fourth-order valence-corrected chi connectivity index (χ4v) is 8.90. The minimum Gasteiger partial charge on any atom is -0.354 e. The van der Waals surface area contributed by atoms with E-state index in [0.29, 0.717) is 0 Å². The second kappa shape index (κ2) is 9.54. The van der Waals surface area contributed by atoms with Gasteiger partial charge in [-0.15, -0.1) is 0 Å². The predicted octanol–water partition coefficient (Wildman–Crippen LogP) is 8.35. The van der Waals surface area contributed by atoms with Crippen molar-refractivity contribution in [2.45, 2.75) is 11.0 Å². The molecule has 0 bridgehead atoms. The van der Waals surface area contributed by atoms with E-state index < -0.39 is 11.0 Å². The van der Waals surface area contributed by atoms with Crippen LogP contribution in [0.5, 0.6) is 0 Å². The van der Waals surface area contributed by atoms with Crippen LogP contribution in [0.25, 0.3) is 22.3 Å². The van der Waals surface area contributed by atoms with Crippen LogP contribution in [0, 0.1) is 0 Å². The van der Waals surface area contributed by atoms with Gasteiger partial charge in [0.05, 0.1) is 23.5 Å². The first-order valence-electron chi connectivity index (χ1n) is 16.2. The van der Waals surface area contributed by atoms with Crippen molar-refractivity contribution >= 4 is 11.5 Å². The van der Waals surface area contributed by atoms with Gasteiger partial charge in [-0.1, -0.05) is 121 Å². The van der Waals surface area contributed by atoms with E-state index in [-0.39, 0.29) is 0 Å². The molecule has 7 aromatic rings. The molecule has 0 atom stereocenters. The van der Waals surface area contributed by atoms with E-state index in [1.807, 2.05) is 18.5 Å². The van der Waals surface area contributed by atoms with Gasteiger partial charge in [-0.25, -0.2) is 4.98 Å².